The zero-order chi connectivity index (χ0) is 23.8. The molecule has 0 radical (unpaired) electrons. The predicted octanol–water partition coefficient (Wildman–Crippen LogP) is 5.16. The van der Waals surface area contributed by atoms with Crippen LogP contribution in [0.1, 0.15) is 48.8 Å². The van der Waals surface area contributed by atoms with Crippen LogP contribution in [-0.4, -0.2) is 22.8 Å². The molecule has 0 aromatic heterocycles. The summed E-state index contributed by atoms with van der Waals surface area (Å²) >= 11 is 5.61. The summed E-state index contributed by atoms with van der Waals surface area (Å²) in [6, 6.07) is 12.3. The SMILES string of the molecule is N#Cc1ccc(N2C(=O)C3(CCC3)N(c3ccc(CCCC=O)cc3)C2=S)cc1C(F)(F)F. The van der Waals surface area contributed by atoms with Gasteiger partial charge < -0.3 is 9.69 Å². The quantitative estimate of drug-likeness (QED) is 0.331. The number of nitrogens with zero attached hydrogens (tertiary/aromatic N) is 3. The van der Waals surface area contributed by atoms with Crippen LogP contribution in [0.3, 0.4) is 0 Å². The lowest BCUT2D eigenvalue weighted by Crippen LogP contribution is -2.55. The first kappa shape index (κ1) is 22.9. The van der Waals surface area contributed by atoms with E-state index in [1.165, 1.54) is 6.07 Å². The molecule has 1 aliphatic heterocycles. The van der Waals surface area contributed by atoms with Crippen molar-refractivity contribution >= 4 is 40.9 Å². The number of halogens is 3. The van der Waals surface area contributed by atoms with E-state index < -0.39 is 22.8 Å². The lowest BCUT2D eigenvalue weighted by atomic mass is 9.75. The van der Waals surface area contributed by atoms with Crippen LogP contribution in [0, 0.1) is 11.3 Å². The molecule has 0 atom stereocenters. The summed E-state index contributed by atoms with van der Waals surface area (Å²) in [5.74, 6) is -0.355. The van der Waals surface area contributed by atoms with Gasteiger partial charge >= 0.3 is 6.18 Å². The minimum absolute atomic E-state index is 0.00409. The highest BCUT2D eigenvalue weighted by Gasteiger charge is 2.59. The summed E-state index contributed by atoms with van der Waals surface area (Å²) in [4.78, 5) is 26.9. The fourth-order valence-electron chi connectivity index (χ4n) is 4.41. The van der Waals surface area contributed by atoms with E-state index in [0.29, 0.717) is 24.9 Å². The first-order valence-corrected chi connectivity index (χ1v) is 11.0. The van der Waals surface area contributed by atoms with E-state index >= 15 is 0 Å². The molecule has 1 amide bonds. The van der Waals surface area contributed by atoms with Crippen LogP contribution in [0.15, 0.2) is 42.5 Å². The van der Waals surface area contributed by atoms with Gasteiger partial charge in [-0.25, -0.2) is 0 Å². The van der Waals surface area contributed by atoms with Gasteiger partial charge in [0.25, 0.3) is 5.91 Å². The van der Waals surface area contributed by atoms with Gasteiger partial charge in [-0.1, -0.05) is 12.1 Å². The molecule has 2 aromatic carbocycles. The number of hydrogen-bond acceptors (Lipinski definition) is 4. The molecule has 1 heterocycles. The van der Waals surface area contributed by atoms with Crippen molar-refractivity contribution < 1.29 is 22.8 Å². The largest absolute Gasteiger partial charge is 0.417 e. The molecule has 1 saturated heterocycles. The van der Waals surface area contributed by atoms with E-state index in [-0.39, 0.29) is 16.7 Å². The highest BCUT2D eigenvalue weighted by atomic mass is 32.1. The lowest BCUT2D eigenvalue weighted by Gasteiger charge is -2.43. The molecule has 1 saturated carbocycles. The number of rotatable bonds is 6. The monoisotopic (exact) mass is 471 g/mol. The first-order valence-electron chi connectivity index (χ1n) is 10.6. The summed E-state index contributed by atoms with van der Waals surface area (Å²) in [6.45, 7) is 0. The topological polar surface area (TPSA) is 64.4 Å². The number of anilines is 2. The number of aldehydes is 1. The molecular weight excluding hydrogens is 451 g/mol. The molecule has 1 spiro atoms. The standard InChI is InChI=1S/C24H20F3N3O2S/c25-24(26,27)20-14-19(10-7-17(20)15-28)29-21(32)23(11-3-12-23)30(22(29)33)18-8-5-16(6-9-18)4-1-2-13-31/h5-10,13-14H,1-4,11-12H2. The molecule has 0 N–H and O–H groups in total. The fourth-order valence-corrected chi connectivity index (χ4v) is 4.88. The molecule has 33 heavy (non-hydrogen) atoms. The van der Waals surface area contributed by atoms with Gasteiger partial charge in [-0.15, -0.1) is 0 Å². The molecule has 0 bridgehead atoms. The van der Waals surface area contributed by atoms with Crippen molar-refractivity contribution in [1.29, 1.82) is 5.26 Å². The highest BCUT2D eigenvalue weighted by molar-refractivity contribution is 7.81. The molecular formula is C24H20F3N3O2S. The van der Waals surface area contributed by atoms with E-state index in [1.54, 1.807) is 11.0 Å². The number of nitriles is 1. The van der Waals surface area contributed by atoms with Crippen LogP contribution in [0.2, 0.25) is 0 Å². The third-order valence-electron chi connectivity index (χ3n) is 6.26. The number of benzene rings is 2. The van der Waals surface area contributed by atoms with Crippen molar-refractivity contribution in [1.82, 2.24) is 0 Å². The van der Waals surface area contributed by atoms with Crippen molar-refractivity contribution in [2.24, 2.45) is 0 Å². The van der Waals surface area contributed by atoms with Crippen LogP contribution in [-0.2, 0) is 22.2 Å². The molecule has 2 aliphatic rings. The number of hydrogen-bond donors (Lipinski definition) is 0. The smallest absolute Gasteiger partial charge is 0.303 e. The van der Waals surface area contributed by atoms with E-state index in [9.17, 15) is 22.8 Å². The molecule has 5 nitrogen and oxygen atoms in total. The molecule has 1 aliphatic carbocycles. The summed E-state index contributed by atoms with van der Waals surface area (Å²) in [7, 11) is 0. The zero-order valence-electron chi connectivity index (χ0n) is 17.6. The van der Waals surface area contributed by atoms with Crippen molar-refractivity contribution in [3.05, 3.63) is 59.2 Å². The Morgan fingerprint density at radius 2 is 1.79 bits per heavy atom. The Kier molecular flexibility index (Phi) is 5.97. The van der Waals surface area contributed by atoms with Gasteiger partial charge in [-0.3, -0.25) is 9.69 Å². The first-order chi connectivity index (χ1) is 15.7. The summed E-state index contributed by atoms with van der Waals surface area (Å²) in [5, 5.41) is 9.19. The second-order valence-corrected chi connectivity index (χ2v) is 8.57. The van der Waals surface area contributed by atoms with Crippen LogP contribution in [0.25, 0.3) is 0 Å². The summed E-state index contributed by atoms with van der Waals surface area (Å²) in [5.41, 5.74) is -0.793. The Bertz CT molecular complexity index is 1150. The van der Waals surface area contributed by atoms with Crippen molar-refractivity contribution in [2.45, 2.75) is 50.2 Å². The fraction of sp³-hybridized carbons (Fsp3) is 0.333. The van der Waals surface area contributed by atoms with Crippen molar-refractivity contribution in [3.8, 4) is 6.07 Å². The minimum Gasteiger partial charge on any atom is -0.303 e. The van der Waals surface area contributed by atoms with Gasteiger partial charge in [0.1, 0.15) is 11.8 Å². The van der Waals surface area contributed by atoms with E-state index in [2.05, 4.69) is 0 Å². The summed E-state index contributed by atoms with van der Waals surface area (Å²) in [6.07, 6.45) is 0.00702. The predicted molar refractivity (Wildman–Crippen MR) is 121 cm³/mol. The van der Waals surface area contributed by atoms with Gasteiger partial charge in [0.05, 0.1) is 22.9 Å². The van der Waals surface area contributed by atoms with Crippen LogP contribution in [0.5, 0.6) is 0 Å². The number of carbonyl (C=O) groups excluding carboxylic acids is 2. The maximum atomic E-state index is 13.5. The maximum absolute atomic E-state index is 13.5. The third kappa shape index (κ3) is 3.89. The van der Waals surface area contributed by atoms with E-state index in [4.69, 9.17) is 17.5 Å². The van der Waals surface area contributed by atoms with Gasteiger partial charge in [0.2, 0.25) is 0 Å². The van der Waals surface area contributed by atoms with Crippen LogP contribution < -0.4 is 9.80 Å². The Balaban J connectivity index is 1.70. The highest BCUT2D eigenvalue weighted by Crippen LogP contribution is 2.48. The average Bonchev–Trinajstić information content (AvgIpc) is 3.00. The lowest BCUT2D eigenvalue weighted by molar-refractivity contribution is -0.137. The van der Waals surface area contributed by atoms with Gasteiger partial charge in [0.15, 0.2) is 5.11 Å². The van der Waals surface area contributed by atoms with Crippen molar-refractivity contribution in [3.63, 3.8) is 0 Å². The maximum Gasteiger partial charge on any atom is 0.417 e. The normalized spacial score (nSPS) is 17.3. The Labute approximate surface area is 194 Å². The van der Waals surface area contributed by atoms with E-state index in [0.717, 1.165) is 48.1 Å². The number of alkyl halides is 3. The van der Waals surface area contributed by atoms with Gasteiger partial charge in [-0.05, 0) is 80.2 Å². The molecule has 9 heteroatoms. The summed E-state index contributed by atoms with van der Waals surface area (Å²) < 4.78 is 40.5. The molecule has 170 valence electrons. The molecule has 2 aromatic rings. The number of thiocarbonyl (C=S) groups is 1. The second-order valence-electron chi connectivity index (χ2n) is 8.21. The van der Waals surface area contributed by atoms with Crippen LogP contribution in [0.4, 0.5) is 24.5 Å². The minimum atomic E-state index is -4.74. The van der Waals surface area contributed by atoms with Gasteiger partial charge in [0, 0.05) is 12.1 Å². The van der Waals surface area contributed by atoms with Crippen LogP contribution >= 0.6 is 12.2 Å². The number of unbranched alkanes of at least 4 members (excludes halogenated alkanes) is 1. The zero-order valence-corrected chi connectivity index (χ0v) is 18.4. The number of aryl methyl sites for hydroxylation is 1. The second kappa shape index (κ2) is 8.60. The van der Waals surface area contributed by atoms with E-state index in [1.807, 2.05) is 24.3 Å². The molecule has 4 rings (SSSR count). The average molecular weight is 472 g/mol. The molecule has 2 fully saturated rings. The van der Waals surface area contributed by atoms with Gasteiger partial charge in [-0.2, -0.15) is 18.4 Å². The molecule has 0 unspecified atom stereocenters. The Morgan fingerprint density at radius 3 is 2.33 bits per heavy atom. The Hall–Kier alpha value is -3.25. The van der Waals surface area contributed by atoms with Crippen molar-refractivity contribution in [2.75, 3.05) is 9.80 Å². The Morgan fingerprint density at radius 1 is 1.12 bits per heavy atom. The number of amides is 1. The number of carbonyl (C=O) groups is 2. The third-order valence-corrected chi connectivity index (χ3v) is 6.63.